The van der Waals surface area contributed by atoms with Crippen LogP contribution >= 0.6 is 0 Å². The van der Waals surface area contributed by atoms with E-state index >= 15 is 0 Å². The van der Waals surface area contributed by atoms with Gasteiger partial charge in [0.05, 0.1) is 7.11 Å². The van der Waals surface area contributed by atoms with Gasteiger partial charge in [0.1, 0.15) is 5.82 Å². The Balaban J connectivity index is 2.24. The second kappa shape index (κ2) is 6.52. The smallest absolute Gasteiger partial charge is 0.165 e. The molecule has 0 aliphatic carbocycles. The molecule has 0 aliphatic heterocycles. The zero-order chi connectivity index (χ0) is 14.5. The van der Waals surface area contributed by atoms with Crippen LogP contribution in [0.25, 0.3) is 0 Å². The van der Waals surface area contributed by atoms with E-state index in [9.17, 15) is 4.39 Å². The Bertz CT molecular complexity index is 568. The molecule has 1 aromatic heterocycles. The second-order valence-electron chi connectivity index (χ2n) is 4.66. The van der Waals surface area contributed by atoms with Crippen molar-refractivity contribution in [1.29, 1.82) is 0 Å². The lowest BCUT2D eigenvalue weighted by molar-refractivity contribution is 0.385. The molecular weight excluding hydrogens is 257 g/mol. The summed E-state index contributed by atoms with van der Waals surface area (Å²) >= 11 is 0. The molecule has 0 bridgehead atoms. The van der Waals surface area contributed by atoms with Crippen molar-refractivity contribution in [2.24, 2.45) is 7.05 Å². The lowest BCUT2D eigenvalue weighted by Crippen LogP contribution is -2.24. The Morgan fingerprint density at radius 3 is 2.80 bits per heavy atom. The maximum absolute atomic E-state index is 13.8. The van der Waals surface area contributed by atoms with Crippen LogP contribution in [0.1, 0.15) is 24.4 Å². The number of rotatable bonds is 6. The third kappa shape index (κ3) is 3.17. The van der Waals surface area contributed by atoms with E-state index < -0.39 is 0 Å². The van der Waals surface area contributed by atoms with Gasteiger partial charge >= 0.3 is 0 Å². The minimum Gasteiger partial charge on any atom is -0.494 e. The van der Waals surface area contributed by atoms with Crippen molar-refractivity contribution >= 4 is 0 Å². The van der Waals surface area contributed by atoms with Gasteiger partial charge in [-0.1, -0.05) is 13.0 Å². The Morgan fingerprint density at radius 1 is 1.45 bits per heavy atom. The molecule has 1 N–H and O–H groups in total. The molecular formula is C15H20FN3O. The van der Waals surface area contributed by atoms with Crippen LogP contribution in [0, 0.1) is 5.82 Å². The van der Waals surface area contributed by atoms with Gasteiger partial charge in [-0.05, 0) is 24.2 Å². The number of hydrogen-bond acceptors (Lipinski definition) is 3. The summed E-state index contributed by atoms with van der Waals surface area (Å²) in [5.74, 6) is 0.890. The topological polar surface area (TPSA) is 39.1 Å². The first-order valence-electron chi connectivity index (χ1n) is 6.68. The molecule has 2 aromatic rings. The fourth-order valence-electron chi connectivity index (χ4n) is 2.23. The summed E-state index contributed by atoms with van der Waals surface area (Å²) < 4.78 is 20.8. The van der Waals surface area contributed by atoms with Gasteiger partial charge in [-0.25, -0.2) is 9.37 Å². The van der Waals surface area contributed by atoms with E-state index in [2.05, 4.69) is 10.3 Å². The molecule has 0 spiro atoms. The van der Waals surface area contributed by atoms with E-state index in [4.69, 9.17) is 4.74 Å². The number of nitrogens with one attached hydrogen (secondary N) is 1. The highest BCUT2D eigenvalue weighted by Gasteiger charge is 2.15. The van der Waals surface area contributed by atoms with E-state index in [-0.39, 0.29) is 17.6 Å². The van der Waals surface area contributed by atoms with Crippen LogP contribution in [0.4, 0.5) is 4.39 Å². The summed E-state index contributed by atoms with van der Waals surface area (Å²) in [5, 5.41) is 3.37. The number of nitrogens with zero attached hydrogens (tertiary/aromatic N) is 2. The first-order chi connectivity index (χ1) is 9.65. The average Bonchev–Trinajstić information content (AvgIpc) is 2.84. The number of imidazole rings is 1. The van der Waals surface area contributed by atoms with Gasteiger partial charge < -0.3 is 14.6 Å². The first-order valence-corrected chi connectivity index (χ1v) is 6.68. The third-order valence-corrected chi connectivity index (χ3v) is 3.34. The largest absolute Gasteiger partial charge is 0.494 e. The molecule has 1 unspecified atom stereocenters. The number of hydrogen-bond donors (Lipinski definition) is 1. The Morgan fingerprint density at radius 2 is 2.25 bits per heavy atom. The van der Waals surface area contributed by atoms with E-state index in [1.807, 2.05) is 30.8 Å². The van der Waals surface area contributed by atoms with Gasteiger partial charge in [0.15, 0.2) is 11.6 Å². The minimum atomic E-state index is -0.340. The molecule has 2 rings (SSSR count). The zero-order valence-corrected chi connectivity index (χ0v) is 12.1. The maximum atomic E-state index is 13.8. The number of aryl methyl sites for hydroxylation is 1. The second-order valence-corrected chi connectivity index (χ2v) is 4.66. The molecule has 0 aliphatic rings. The van der Waals surface area contributed by atoms with Gasteiger partial charge in [-0.15, -0.1) is 0 Å². The highest BCUT2D eigenvalue weighted by atomic mass is 19.1. The predicted molar refractivity (Wildman–Crippen MR) is 76.3 cm³/mol. The van der Waals surface area contributed by atoms with Crippen molar-refractivity contribution in [3.63, 3.8) is 0 Å². The van der Waals surface area contributed by atoms with E-state index in [1.54, 1.807) is 12.3 Å². The number of aromatic nitrogens is 2. The maximum Gasteiger partial charge on any atom is 0.165 e. The van der Waals surface area contributed by atoms with Crippen LogP contribution in [-0.2, 0) is 13.5 Å². The van der Waals surface area contributed by atoms with Gasteiger partial charge in [0, 0.05) is 31.9 Å². The van der Waals surface area contributed by atoms with Crippen molar-refractivity contribution in [2.75, 3.05) is 13.7 Å². The SMILES string of the molecule is CCNC(Cc1nccn1C)c1ccc(OC)c(F)c1. The standard InChI is InChI=1S/C15H20FN3O/c1-4-17-13(10-15-18-7-8-19(15)2)11-5-6-14(20-3)12(16)9-11/h5-9,13,17H,4,10H2,1-3H3. The summed E-state index contributed by atoms with van der Waals surface area (Å²) in [5.41, 5.74) is 0.896. The van der Waals surface area contributed by atoms with Crippen molar-refractivity contribution in [1.82, 2.24) is 14.9 Å². The summed E-state index contributed by atoms with van der Waals surface area (Å²) in [4.78, 5) is 4.32. The summed E-state index contributed by atoms with van der Waals surface area (Å²) in [7, 11) is 3.42. The molecule has 1 heterocycles. The number of halogens is 1. The fourth-order valence-corrected chi connectivity index (χ4v) is 2.23. The van der Waals surface area contributed by atoms with Gasteiger partial charge in [-0.2, -0.15) is 0 Å². The molecule has 108 valence electrons. The molecule has 20 heavy (non-hydrogen) atoms. The fraction of sp³-hybridized carbons (Fsp3) is 0.400. The molecule has 0 saturated carbocycles. The molecule has 5 heteroatoms. The average molecular weight is 277 g/mol. The minimum absolute atomic E-state index is 0.0292. The Labute approximate surface area is 118 Å². The molecule has 1 aromatic carbocycles. The molecule has 4 nitrogen and oxygen atoms in total. The Kier molecular flexibility index (Phi) is 4.74. The highest BCUT2D eigenvalue weighted by Crippen LogP contribution is 2.23. The van der Waals surface area contributed by atoms with Crippen LogP contribution in [0.3, 0.4) is 0 Å². The van der Waals surface area contributed by atoms with Crippen LogP contribution in [0.15, 0.2) is 30.6 Å². The highest BCUT2D eigenvalue weighted by molar-refractivity contribution is 5.31. The normalized spacial score (nSPS) is 12.4. The van der Waals surface area contributed by atoms with E-state index in [1.165, 1.54) is 13.2 Å². The monoisotopic (exact) mass is 277 g/mol. The van der Waals surface area contributed by atoms with Gasteiger partial charge in [0.2, 0.25) is 0 Å². The van der Waals surface area contributed by atoms with Crippen LogP contribution in [0.5, 0.6) is 5.75 Å². The molecule has 1 atom stereocenters. The van der Waals surface area contributed by atoms with Crippen LogP contribution in [-0.4, -0.2) is 23.2 Å². The van der Waals surface area contributed by atoms with Crippen molar-refractivity contribution in [3.8, 4) is 5.75 Å². The lowest BCUT2D eigenvalue weighted by atomic mass is 10.0. The van der Waals surface area contributed by atoms with Crippen molar-refractivity contribution in [3.05, 3.63) is 47.8 Å². The van der Waals surface area contributed by atoms with Crippen molar-refractivity contribution < 1.29 is 9.13 Å². The van der Waals surface area contributed by atoms with Gasteiger partial charge in [-0.3, -0.25) is 0 Å². The summed E-state index contributed by atoms with van der Waals surface area (Å²) in [6.45, 7) is 2.84. The van der Waals surface area contributed by atoms with Gasteiger partial charge in [0.25, 0.3) is 0 Å². The zero-order valence-electron chi connectivity index (χ0n) is 12.1. The third-order valence-electron chi connectivity index (χ3n) is 3.34. The molecule has 0 fully saturated rings. The predicted octanol–water partition coefficient (Wildman–Crippen LogP) is 2.46. The molecule has 0 radical (unpaired) electrons. The number of ether oxygens (including phenoxy) is 1. The van der Waals surface area contributed by atoms with Crippen LogP contribution in [0.2, 0.25) is 0 Å². The molecule has 0 amide bonds. The summed E-state index contributed by atoms with van der Waals surface area (Å²) in [6.07, 6.45) is 4.39. The first kappa shape index (κ1) is 14.5. The number of benzene rings is 1. The summed E-state index contributed by atoms with van der Waals surface area (Å²) in [6, 6.07) is 5.10. The Hall–Kier alpha value is -1.88. The number of likely N-dealkylation sites (N-methyl/N-ethyl adjacent to an activating group) is 1. The van der Waals surface area contributed by atoms with E-state index in [0.717, 1.165) is 17.9 Å². The van der Waals surface area contributed by atoms with Crippen molar-refractivity contribution in [2.45, 2.75) is 19.4 Å². The lowest BCUT2D eigenvalue weighted by Gasteiger charge is -2.18. The molecule has 0 saturated heterocycles. The number of methoxy groups -OCH3 is 1. The van der Waals surface area contributed by atoms with Crippen LogP contribution < -0.4 is 10.1 Å². The quantitative estimate of drug-likeness (QED) is 0.881. The van der Waals surface area contributed by atoms with E-state index in [0.29, 0.717) is 6.42 Å².